The molecule has 0 saturated heterocycles. The minimum absolute atomic E-state index is 0.0945. The van der Waals surface area contributed by atoms with Gasteiger partial charge in [-0.3, -0.25) is 0 Å². The Labute approximate surface area is 145 Å². The first-order valence-electron chi connectivity index (χ1n) is 7.14. The molecule has 2 aromatic rings. The number of aromatic nitrogens is 2. The van der Waals surface area contributed by atoms with Gasteiger partial charge in [-0.25, -0.2) is 14.7 Å². The number of ether oxygens (including phenoxy) is 1. The summed E-state index contributed by atoms with van der Waals surface area (Å²) in [6.45, 7) is 5.20. The molecule has 0 aliphatic rings. The van der Waals surface area contributed by atoms with E-state index in [4.69, 9.17) is 9.88 Å². The number of methoxy groups -OCH3 is 1. The number of hydrogen-bond donors (Lipinski definition) is 1. The summed E-state index contributed by atoms with van der Waals surface area (Å²) in [5, 5.41) is 4.83. The first-order valence-corrected chi connectivity index (χ1v) is 8.61. The van der Waals surface area contributed by atoms with Crippen molar-refractivity contribution in [1.29, 1.82) is 0 Å². The van der Waals surface area contributed by atoms with Crippen molar-refractivity contribution < 1.29 is 22.1 Å². The molecule has 0 spiro atoms. The van der Waals surface area contributed by atoms with Gasteiger partial charge in [0.05, 0.1) is 12.8 Å². The van der Waals surface area contributed by atoms with Crippen LogP contribution in [0.15, 0.2) is 24.3 Å². The highest BCUT2D eigenvalue weighted by molar-refractivity contribution is 7.84. The maximum Gasteiger partial charge on any atom is 0.438 e. The van der Waals surface area contributed by atoms with Crippen LogP contribution in [0.2, 0.25) is 0 Å². The summed E-state index contributed by atoms with van der Waals surface area (Å²) >= 11 is 0. The number of aryl methyl sites for hydroxylation is 3. The molecule has 2 N–H and O–H groups in total. The molecular formula is C15H18N4O5S. The molecule has 1 amide bonds. The van der Waals surface area contributed by atoms with Crippen LogP contribution in [0, 0.1) is 20.8 Å². The number of anilines is 2. The Hall–Kier alpha value is -2.72. The van der Waals surface area contributed by atoms with Gasteiger partial charge in [-0.1, -0.05) is 18.2 Å². The van der Waals surface area contributed by atoms with E-state index in [-0.39, 0.29) is 11.8 Å². The molecule has 1 heterocycles. The number of nitrogens with zero attached hydrogens (tertiary/aromatic N) is 3. The number of hydrogen-bond acceptors (Lipinski definition) is 7. The average Bonchev–Trinajstić information content (AvgIpc) is 2.48. The summed E-state index contributed by atoms with van der Waals surface area (Å²) in [4.78, 5) is 21.8. The Kier molecular flexibility index (Phi) is 5.24. The standard InChI is InChI=1S/C15H18N4O5S/c1-9-6-5-7-10(2)13(9)19(15(20)24-25(16,21)22)14-17-11(3)8-12(18-14)23-4/h5-8H,1-4H3,(H2,16,21,22). The van der Waals surface area contributed by atoms with Crippen LogP contribution in [-0.4, -0.2) is 31.6 Å². The molecular weight excluding hydrogens is 348 g/mol. The van der Waals surface area contributed by atoms with Gasteiger partial charge in [0.15, 0.2) is 0 Å². The summed E-state index contributed by atoms with van der Waals surface area (Å²) in [7, 11) is -3.10. The third-order valence-electron chi connectivity index (χ3n) is 3.26. The topological polar surface area (TPSA) is 125 Å². The van der Waals surface area contributed by atoms with E-state index in [1.54, 1.807) is 45.0 Å². The fourth-order valence-electron chi connectivity index (χ4n) is 2.30. The molecule has 1 aromatic heterocycles. The number of carbonyl (C=O) groups excluding carboxylic acids is 1. The number of amides is 1. The van der Waals surface area contributed by atoms with E-state index in [1.165, 1.54) is 7.11 Å². The van der Waals surface area contributed by atoms with Crippen LogP contribution >= 0.6 is 0 Å². The van der Waals surface area contributed by atoms with Crippen LogP contribution < -0.4 is 14.8 Å². The van der Waals surface area contributed by atoms with Crippen LogP contribution in [0.4, 0.5) is 16.4 Å². The average molecular weight is 366 g/mol. The predicted molar refractivity (Wildman–Crippen MR) is 91.0 cm³/mol. The van der Waals surface area contributed by atoms with Crippen LogP contribution in [0.5, 0.6) is 5.88 Å². The summed E-state index contributed by atoms with van der Waals surface area (Å²) in [6.07, 6.45) is -1.24. The third-order valence-corrected chi connectivity index (χ3v) is 3.64. The minimum Gasteiger partial charge on any atom is -0.481 e. The zero-order valence-corrected chi connectivity index (χ0v) is 15.0. The van der Waals surface area contributed by atoms with Crippen molar-refractivity contribution >= 4 is 28.0 Å². The Balaban J connectivity index is 2.69. The van der Waals surface area contributed by atoms with Crippen molar-refractivity contribution in [3.63, 3.8) is 0 Å². The van der Waals surface area contributed by atoms with Crippen molar-refractivity contribution in [3.8, 4) is 5.88 Å². The summed E-state index contributed by atoms with van der Waals surface area (Å²) in [6, 6.07) is 6.88. The Bertz CT molecular complexity index is 894. The van der Waals surface area contributed by atoms with Gasteiger partial charge in [-0.2, -0.15) is 18.5 Å². The first-order chi connectivity index (χ1) is 11.6. The quantitative estimate of drug-likeness (QED) is 0.876. The molecule has 0 aliphatic heterocycles. The Morgan fingerprint density at radius 1 is 1.16 bits per heavy atom. The van der Waals surface area contributed by atoms with Crippen molar-refractivity contribution in [2.45, 2.75) is 20.8 Å². The summed E-state index contributed by atoms with van der Waals surface area (Å²) in [5.41, 5.74) is 2.29. The number of para-hydroxylation sites is 1. The largest absolute Gasteiger partial charge is 0.481 e. The zero-order valence-electron chi connectivity index (χ0n) is 14.2. The van der Waals surface area contributed by atoms with Crippen molar-refractivity contribution in [3.05, 3.63) is 41.1 Å². The second kappa shape index (κ2) is 7.03. The molecule has 0 radical (unpaired) electrons. The molecule has 25 heavy (non-hydrogen) atoms. The third kappa shape index (κ3) is 4.43. The first kappa shape index (κ1) is 18.6. The smallest absolute Gasteiger partial charge is 0.438 e. The second-order valence-corrected chi connectivity index (χ2v) is 6.42. The van der Waals surface area contributed by atoms with Gasteiger partial charge in [-0.15, -0.1) is 0 Å². The zero-order chi connectivity index (χ0) is 18.8. The minimum atomic E-state index is -4.51. The molecule has 0 saturated carbocycles. The number of rotatable bonds is 4. The number of carbonyl (C=O) groups is 1. The Morgan fingerprint density at radius 2 is 1.76 bits per heavy atom. The van der Waals surface area contributed by atoms with Gasteiger partial charge in [-0.05, 0) is 31.9 Å². The van der Waals surface area contributed by atoms with Crippen molar-refractivity contribution in [2.24, 2.45) is 5.14 Å². The van der Waals surface area contributed by atoms with Crippen LogP contribution in [0.25, 0.3) is 0 Å². The maximum atomic E-state index is 12.5. The SMILES string of the molecule is COc1cc(C)nc(N(C(=O)OS(N)(=O)=O)c2c(C)cccc2C)n1. The van der Waals surface area contributed by atoms with E-state index < -0.39 is 16.4 Å². The van der Waals surface area contributed by atoms with Crippen molar-refractivity contribution in [2.75, 3.05) is 12.0 Å². The van der Waals surface area contributed by atoms with Gasteiger partial charge in [0.1, 0.15) is 0 Å². The summed E-state index contributed by atoms with van der Waals surface area (Å²) in [5.74, 6) is 0.116. The fraction of sp³-hybridized carbons (Fsp3) is 0.267. The number of nitrogens with two attached hydrogens (primary N) is 1. The highest BCUT2D eigenvalue weighted by Crippen LogP contribution is 2.31. The molecule has 0 unspecified atom stereocenters. The molecule has 0 aliphatic carbocycles. The highest BCUT2D eigenvalue weighted by atomic mass is 32.2. The van der Waals surface area contributed by atoms with Gasteiger partial charge < -0.3 is 8.92 Å². The molecule has 2 rings (SSSR count). The molecule has 10 heteroatoms. The lowest BCUT2D eigenvalue weighted by Gasteiger charge is -2.23. The van der Waals surface area contributed by atoms with E-state index in [2.05, 4.69) is 14.2 Å². The van der Waals surface area contributed by atoms with E-state index >= 15 is 0 Å². The van der Waals surface area contributed by atoms with Crippen molar-refractivity contribution in [1.82, 2.24) is 9.97 Å². The lowest BCUT2D eigenvalue weighted by atomic mass is 10.1. The fourth-order valence-corrected chi connectivity index (χ4v) is 2.57. The van der Waals surface area contributed by atoms with E-state index in [1.807, 2.05) is 0 Å². The van der Waals surface area contributed by atoms with Gasteiger partial charge >= 0.3 is 16.4 Å². The predicted octanol–water partition coefficient (Wildman–Crippen LogP) is 1.89. The normalized spacial score (nSPS) is 11.1. The highest BCUT2D eigenvalue weighted by Gasteiger charge is 2.29. The maximum absolute atomic E-state index is 12.5. The Morgan fingerprint density at radius 3 is 2.28 bits per heavy atom. The van der Waals surface area contributed by atoms with Crippen LogP contribution in [0.3, 0.4) is 0 Å². The van der Waals surface area contributed by atoms with Gasteiger partial charge in [0.2, 0.25) is 11.8 Å². The molecule has 1 aromatic carbocycles. The molecule has 134 valence electrons. The lowest BCUT2D eigenvalue weighted by molar-refractivity contribution is 0.212. The number of benzene rings is 1. The summed E-state index contributed by atoms with van der Waals surface area (Å²) < 4.78 is 31.9. The van der Waals surface area contributed by atoms with E-state index in [0.29, 0.717) is 22.5 Å². The van der Waals surface area contributed by atoms with Gasteiger partial charge in [0.25, 0.3) is 0 Å². The van der Waals surface area contributed by atoms with Gasteiger partial charge in [0, 0.05) is 11.8 Å². The van der Waals surface area contributed by atoms with E-state index in [9.17, 15) is 13.2 Å². The monoisotopic (exact) mass is 366 g/mol. The molecule has 9 nitrogen and oxygen atoms in total. The van der Waals surface area contributed by atoms with Crippen LogP contribution in [-0.2, 0) is 14.5 Å². The van der Waals surface area contributed by atoms with E-state index in [0.717, 1.165) is 4.90 Å². The molecule has 0 fully saturated rings. The molecule has 0 atom stereocenters. The van der Waals surface area contributed by atoms with Crippen LogP contribution in [0.1, 0.15) is 16.8 Å². The lowest BCUT2D eigenvalue weighted by Crippen LogP contribution is -2.33. The second-order valence-electron chi connectivity index (χ2n) is 5.27. The molecule has 0 bridgehead atoms.